The molecule has 0 aromatic heterocycles. The molecule has 1 aliphatic heterocycles. The Morgan fingerprint density at radius 2 is 2.00 bits per heavy atom. The van der Waals surface area contributed by atoms with Crippen molar-refractivity contribution in [2.24, 2.45) is 0 Å². The Bertz CT molecular complexity index is 40.2. The van der Waals surface area contributed by atoms with Crippen LogP contribution >= 0.6 is 12.6 Å². The van der Waals surface area contributed by atoms with Gasteiger partial charge in [-0.1, -0.05) is 12.6 Å². The lowest BCUT2D eigenvalue weighted by molar-refractivity contribution is 0.414. The molecule has 0 aliphatic carbocycles. The molecule has 29 valence electrons. The van der Waals surface area contributed by atoms with Crippen molar-refractivity contribution in [3.05, 3.63) is 0 Å². The highest BCUT2D eigenvalue weighted by Crippen LogP contribution is 2.23. The van der Waals surface area contributed by atoms with Gasteiger partial charge in [-0.3, -0.25) is 0 Å². The van der Waals surface area contributed by atoms with Gasteiger partial charge in [0.15, 0.2) is 0 Å². The number of rotatable bonds is 0. The van der Waals surface area contributed by atoms with E-state index in [-0.39, 0.29) is 5.44 Å². The molecular weight excluding hydrogens is 84.1 g/mol. The monoisotopic (exact) mass is 89.0 g/mol. The molecule has 0 saturated carbocycles. The van der Waals surface area contributed by atoms with E-state index in [0.29, 0.717) is 6.10 Å². The van der Waals surface area contributed by atoms with Crippen molar-refractivity contribution in [2.75, 3.05) is 0 Å². The summed E-state index contributed by atoms with van der Waals surface area (Å²) in [7, 11) is 0. The first-order valence-corrected chi connectivity index (χ1v) is 2.09. The molecular formula is C3H5OS. The van der Waals surface area contributed by atoms with Crippen LogP contribution in [0.5, 0.6) is 0 Å². The van der Waals surface area contributed by atoms with Crippen molar-refractivity contribution in [1.82, 2.24) is 0 Å². The molecule has 2 heteroatoms. The predicted octanol–water partition coefficient (Wildman–Crippen LogP) is 0.929. The molecule has 0 bridgehead atoms. The Morgan fingerprint density at radius 1 is 1.80 bits per heavy atom. The third kappa shape index (κ3) is 0.578. The minimum Gasteiger partial charge on any atom is -0.357 e. The summed E-state index contributed by atoms with van der Waals surface area (Å²) in [5.41, 5.74) is 0.134. The van der Waals surface area contributed by atoms with Gasteiger partial charge in [0.25, 0.3) is 0 Å². The van der Waals surface area contributed by atoms with Gasteiger partial charge in [-0.2, -0.15) is 0 Å². The van der Waals surface area contributed by atoms with Crippen LogP contribution < -0.4 is 0 Å². The third-order valence-corrected chi connectivity index (χ3v) is 1.15. The summed E-state index contributed by atoms with van der Waals surface area (Å²) < 4.78 is 4.73. The zero-order valence-corrected chi connectivity index (χ0v) is 3.79. The van der Waals surface area contributed by atoms with Crippen LogP contribution in [0, 0.1) is 0 Å². The molecule has 1 rings (SSSR count). The van der Waals surface area contributed by atoms with Crippen molar-refractivity contribution >= 4 is 12.6 Å². The number of ether oxygens (including phenoxy) is 1. The molecule has 1 aliphatic rings. The van der Waals surface area contributed by atoms with Crippen LogP contribution in [0.25, 0.3) is 0 Å². The van der Waals surface area contributed by atoms with E-state index in [4.69, 9.17) is 4.74 Å². The van der Waals surface area contributed by atoms with Crippen LogP contribution in [-0.4, -0.2) is 11.5 Å². The summed E-state index contributed by atoms with van der Waals surface area (Å²) >= 11 is 4.63. The van der Waals surface area contributed by atoms with Crippen LogP contribution in [0.3, 0.4) is 0 Å². The van der Waals surface area contributed by atoms with Gasteiger partial charge in [-0.05, 0) is 6.92 Å². The second-order valence-electron chi connectivity index (χ2n) is 1.21. The molecule has 0 N–H and O–H groups in total. The fourth-order valence-corrected chi connectivity index (χ4v) is 0.341. The fraction of sp³-hybridized carbons (Fsp3) is 1.00. The Morgan fingerprint density at radius 3 is 2.00 bits per heavy atom. The molecule has 2 atom stereocenters. The molecule has 1 saturated heterocycles. The Labute approximate surface area is 36.7 Å². The smallest absolute Gasteiger partial charge is 0.139 e. The highest BCUT2D eigenvalue weighted by atomic mass is 32.1. The van der Waals surface area contributed by atoms with E-state index in [1.807, 2.05) is 6.92 Å². The van der Waals surface area contributed by atoms with Crippen LogP contribution in [0.2, 0.25) is 0 Å². The van der Waals surface area contributed by atoms with Gasteiger partial charge in [-0.25, -0.2) is 0 Å². The maximum atomic E-state index is 4.73. The Hall–Kier alpha value is 0.310. The topological polar surface area (TPSA) is 12.5 Å². The lowest BCUT2D eigenvalue weighted by atomic mass is 10.6. The van der Waals surface area contributed by atoms with Crippen molar-refractivity contribution in [2.45, 2.75) is 18.5 Å². The minimum atomic E-state index is 0.134. The minimum absolute atomic E-state index is 0.134. The van der Waals surface area contributed by atoms with Crippen LogP contribution in [0.1, 0.15) is 6.92 Å². The predicted molar refractivity (Wildman–Crippen MR) is 21.9 cm³/mol. The molecule has 5 heavy (non-hydrogen) atoms. The van der Waals surface area contributed by atoms with E-state index >= 15 is 0 Å². The largest absolute Gasteiger partial charge is 0.357 e. The van der Waals surface area contributed by atoms with E-state index in [2.05, 4.69) is 12.6 Å². The van der Waals surface area contributed by atoms with Crippen LogP contribution in [0.15, 0.2) is 0 Å². The normalized spacial score (nSPS) is 49.2. The summed E-state index contributed by atoms with van der Waals surface area (Å²) in [6.45, 7) is 1.97. The molecule has 1 nitrogen and oxygen atoms in total. The fourth-order valence-electron chi connectivity index (χ4n) is 0.166. The summed E-state index contributed by atoms with van der Waals surface area (Å²) in [5, 5.41) is 0. The Kier molecular flexibility index (Phi) is 0.618. The molecule has 0 aromatic carbocycles. The summed E-state index contributed by atoms with van der Waals surface area (Å²) in [6, 6.07) is 0. The van der Waals surface area contributed by atoms with Gasteiger partial charge in [0.1, 0.15) is 5.44 Å². The van der Waals surface area contributed by atoms with E-state index < -0.39 is 0 Å². The second kappa shape index (κ2) is 0.884. The highest BCUT2D eigenvalue weighted by molar-refractivity contribution is 7.81. The van der Waals surface area contributed by atoms with E-state index in [9.17, 15) is 0 Å². The van der Waals surface area contributed by atoms with Crippen LogP contribution in [0.4, 0.5) is 0 Å². The second-order valence-corrected chi connectivity index (χ2v) is 1.67. The van der Waals surface area contributed by atoms with Gasteiger partial charge in [0, 0.05) is 0 Å². The number of hydrogen-bond donors (Lipinski definition) is 0. The average molecular weight is 89.1 g/mol. The summed E-state index contributed by atoms with van der Waals surface area (Å²) in [6.07, 6.45) is 0.366. The van der Waals surface area contributed by atoms with Gasteiger partial charge in [0.05, 0.1) is 6.10 Å². The number of epoxide rings is 1. The molecule has 0 spiro atoms. The zero-order chi connectivity index (χ0) is 3.86. The van der Waals surface area contributed by atoms with Crippen molar-refractivity contribution in [1.29, 1.82) is 0 Å². The Balaban J connectivity index is 2.20. The lowest BCUT2D eigenvalue weighted by Crippen LogP contribution is -1.69. The van der Waals surface area contributed by atoms with Gasteiger partial charge in [-0.15, -0.1) is 0 Å². The maximum Gasteiger partial charge on any atom is 0.139 e. The van der Waals surface area contributed by atoms with E-state index in [0.717, 1.165) is 0 Å². The molecule has 0 amide bonds. The first-order chi connectivity index (χ1) is 2.30. The molecule has 2 unspecified atom stereocenters. The quantitative estimate of drug-likeness (QED) is 0.402. The standard InChI is InChI=1S/C3H5OS/c1-2-3(5)4-2/h2-3H,1H3. The van der Waals surface area contributed by atoms with Gasteiger partial charge >= 0.3 is 0 Å². The lowest BCUT2D eigenvalue weighted by Gasteiger charge is -1.55. The summed E-state index contributed by atoms with van der Waals surface area (Å²) in [5.74, 6) is 0. The maximum absolute atomic E-state index is 4.73. The molecule has 1 radical (unpaired) electrons. The van der Waals surface area contributed by atoms with E-state index in [1.54, 1.807) is 0 Å². The third-order valence-electron chi connectivity index (χ3n) is 0.655. The molecule has 1 fully saturated rings. The molecule has 0 aromatic rings. The van der Waals surface area contributed by atoms with Crippen molar-refractivity contribution in [3.8, 4) is 0 Å². The highest BCUT2D eigenvalue weighted by Gasteiger charge is 2.30. The van der Waals surface area contributed by atoms with Crippen molar-refractivity contribution in [3.63, 3.8) is 0 Å². The van der Waals surface area contributed by atoms with Gasteiger partial charge in [0.2, 0.25) is 0 Å². The van der Waals surface area contributed by atoms with Gasteiger partial charge < -0.3 is 4.74 Å². The zero-order valence-electron chi connectivity index (χ0n) is 2.97. The average Bonchev–Trinajstić information content (AvgIpc) is 1.79. The molecule has 1 heterocycles. The van der Waals surface area contributed by atoms with E-state index in [1.165, 1.54) is 0 Å². The van der Waals surface area contributed by atoms with Crippen LogP contribution in [-0.2, 0) is 4.74 Å². The first kappa shape index (κ1) is 3.50. The number of hydrogen-bond acceptors (Lipinski definition) is 1. The first-order valence-electron chi connectivity index (χ1n) is 1.62. The summed E-state index contributed by atoms with van der Waals surface area (Å²) in [4.78, 5) is 0. The SMILES string of the molecule is CC1OC1[S]. The van der Waals surface area contributed by atoms with Crippen molar-refractivity contribution < 1.29 is 4.74 Å².